The van der Waals surface area contributed by atoms with Crippen LogP contribution in [0.15, 0.2) is 140 Å². The topological polar surface area (TPSA) is 48.0 Å². The summed E-state index contributed by atoms with van der Waals surface area (Å²) in [6.07, 6.45) is 1.76. The summed E-state index contributed by atoms with van der Waals surface area (Å²) >= 11 is 0. The first-order valence-corrected chi connectivity index (χ1v) is 14.8. The smallest absolute Gasteiger partial charge is 0.187 e. The minimum absolute atomic E-state index is 0.603. The number of aromatic nitrogens is 4. The van der Waals surface area contributed by atoms with Crippen molar-refractivity contribution in [1.29, 1.82) is 0 Å². The SMILES string of the molecule is [C-]#[N+]c1ccc(-c2ccc(-c3nc4ncccc4nc3-n3c4cc5ccccc5cc4c4c5ccccc5ccc43)cc2)cc1. The second kappa shape index (κ2) is 9.84. The Hall–Kier alpha value is -6.38. The highest BCUT2D eigenvalue weighted by molar-refractivity contribution is 6.23. The Bertz CT molecular complexity index is 2640. The lowest BCUT2D eigenvalue weighted by Gasteiger charge is -2.14. The third-order valence-electron chi connectivity index (χ3n) is 8.64. The first-order valence-electron chi connectivity index (χ1n) is 14.8. The molecule has 0 aliphatic heterocycles. The van der Waals surface area contributed by atoms with E-state index in [1.165, 1.54) is 32.3 Å². The number of fused-ring (bicyclic) bond motifs is 7. The Labute approximate surface area is 258 Å². The maximum atomic E-state index is 7.26. The highest BCUT2D eigenvalue weighted by Gasteiger charge is 2.21. The minimum atomic E-state index is 0.603. The highest BCUT2D eigenvalue weighted by atomic mass is 15.1. The van der Waals surface area contributed by atoms with Crippen molar-refractivity contribution in [2.45, 2.75) is 0 Å². The van der Waals surface area contributed by atoms with Crippen LogP contribution >= 0.6 is 0 Å². The molecule has 0 aliphatic carbocycles. The van der Waals surface area contributed by atoms with Gasteiger partial charge in [0.1, 0.15) is 11.2 Å². The van der Waals surface area contributed by atoms with Crippen LogP contribution in [0.1, 0.15) is 0 Å². The van der Waals surface area contributed by atoms with Gasteiger partial charge in [0.25, 0.3) is 0 Å². The van der Waals surface area contributed by atoms with Gasteiger partial charge in [-0.05, 0) is 63.0 Å². The molecule has 5 nitrogen and oxygen atoms in total. The highest BCUT2D eigenvalue weighted by Crippen LogP contribution is 2.40. The van der Waals surface area contributed by atoms with Gasteiger partial charge in [0.2, 0.25) is 0 Å². The monoisotopic (exact) mass is 573 g/mol. The molecule has 0 atom stereocenters. The Morgan fingerprint density at radius 3 is 2.02 bits per heavy atom. The Morgan fingerprint density at radius 2 is 1.24 bits per heavy atom. The third-order valence-corrected chi connectivity index (χ3v) is 8.64. The van der Waals surface area contributed by atoms with E-state index in [2.05, 4.69) is 111 Å². The van der Waals surface area contributed by atoms with Crippen molar-refractivity contribution in [2.24, 2.45) is 0 Å². The predicted octanol–water partition coefficient (Wildman–Crippen LogP) is 10.3. The van der Waals surface area contributed by atoms with Crippen molar-refractivity contribution in [3.05, 3.63) is 151 Å². The van der Waals surface area contributed by atoms with Crippen molar-refractivity contribution in [1.82, 2.24) is 19.5 Å². The van der Waals surface area contributed by atoms with Gasteiger partial charge >= 0.3 is 0 Å². The van der Waals surface area contributed by atoms with Gasteiger partial charge in [-0.25, -0.2) is 19.8 Å². The van der Waals surface area contributed by atoms with Crippen LogP contribution in [0.2, 0.25) is 0 Å². The van der Waals surface area contributed by atoms with Crippen LogP contribution in [-0.4, -0.2) is 19.5 Å². The molecule has 9 rings (SSSR count). The first kappa shape index (κ1) is 25.1. The predicted molar refractivity (Wildman–Crippen MR) is 184 cm³/mol. The summed E-state index contributed by atoms with van der Waals surface area (Å²) in [5.74, 6) is 0.759. The average Bonchev–Trinajstić information content (AvgIpc) is 3.43. The van der Waals surface area contributed by atoms with Crippen molar-refractivity contribution in [3.8, 4) is 28.2 Å². The second-order valence-electron chi connectivity index (χ2n) is 11.2. The fourth-order valence-electron chi connectivity index (χ4n) is 6.48. The van der Waals surface area contributed by atoms with Gasteiger partial charge in [0, 0.05) is 22.5 Å². The van der Waals surface area contributed by atoms with Gasteiger partial charge in [0.15, 0.2) is 17.2 Å². The van der Waals surface area contributed by atoms with Gasteiger partial charge in [-0.15, -0.1) is 0 Å². The molecule has 0 saturated heterocycles. The summed E-state index contributed by atoms with van der Waals surface area (Å²) in [6, 6.07) is 46.0. The molecular weight excluding hydrogens is 550 g/mol. The summed E-state index contributed by atoms with van der Waals surface area (Å²) < 4.78 is 2.27. The van der Waals surface area contributed by atoms with Crippen LogP contribution in [0, 0.1) is 6.57 Å². The molecule has 0 spiro atoms. The molecule has 0 saturated carbocycles. The number of nitrogens with zero attached hydrogens (tertiary/aromatic N) is 5. The molecule has 0 bridgehead atoms. The molecule has 5 heteroatoms. The molecule has 0 fully saturated rings. The minimum Gasteiger partial charge on any atom is -0.292 e. The zero-order valence-corrected chi connectivity index (χ0v) is 24.0. The summed E-state index contributed by atoms with van der Waals surface area (Å²) in [4.78, 5) is 18.5. The van der Waals surface area contributed by atoms with Crippen LogP contribution in [-0.2, 0) is 0 Å². The van der Waals surface area contributed by atoms with E-state index in [1.807, 2.05) is 36.4 Å². The van der Waals surface area contributed by atoms with Gasteiger partial charge in [0.05, 0.1) is 17.6 Å². The van der Waals surface area contributed by atoms with Crippen LogP contribution < -0.4 is 0 Å². The maximum absolute atomic E-state index is 7.26. The Morgan fingerprint density at radius 1 is 0.556 bits per heavy atom. The largest absolute Gasteiger partial charge is 0.292 e. The number of pyridine rings is 1. The zero-order chi connectivity index (χ0) is 29.9. The Kier molecular flexibility index (Phi) is 5.50. The van der Waals surface area contributed by atoms with E-state index < -0.39 is 0 Å². The summed E-state index contributed by atoms with van der Waals surface area (Å²) in [7, 11) is 0. The normalized spacial score (nSPS) is 11.5. The van der Waals surface area contributed by atoms with E-state index in [0.717, 1.165) is 44.8 Å². The van der Waals surface area contributed by atoms with Crippen LogP contribution in [0.4, 0.5) is 5.69 Å². The molecule has 3 heterocycles. The van der Waals surface area contributed by atoms with Gasteiger partial charge in [-0.1, -0.05) is 103 Å². The number of benzene rings is 6. The fourth-order valence-corrected chi connectivity index (χ4v) is 6.48. The molecule has 9 aromatic rings. The van der Waals surface area contributed by atoms with Crippen molar-refractivity contribution < 1.29 is 0 Å². The van der Waals surface area contributed by atoms with Gasteiger partial charge in [-0.2, -0.15) is 0 Å². The zero-order valence-electron chi connectivity index (χ0n) is 24.0. The van der Waals surface area contributed by atoms with E-state index >= 15 is 0 Å². The molecule has 0 N–H and O–H groups in total. The summed E-state index contributed by atoms with van der Waals surface area (Å²) in [5.41, 5.74) is 7.96. The third kappa shape index (κ3) is 3.97. The molecule has 45 heavy (non-hydrogen) atoms. The fraction of sp³-hybridized carbons (Fsp3) is 0. The molecule has 0 radical (unpaired) electrons. The molecule has 208 valence electrons. The first-order chi connectivity index (χ1) is 22.2. The Balaban J connectivity index is 1.35. The van der Waals surface area contributed by atoms with Crippen molar-refractivity contribution >= 4 is 60.2 Å². The van der Waals surface area contributed by atoms with Crippen molar-refractivity contribution in [3.63, 3.8) is 0 Å². The summed E-state index contributed by atoms with van der Waals surface area (Å²) in [6.45, 7) is 7.26. The molecule has 0 unspecified atom stereocenters. The van der Waals surface area contributed by atoms with E-state index in [1.54, 1.807) is 6.20 Å². The van der Waals surface area contributed by atoms with E-state index in [4.69, 9.17) is 16.5 Å². The van der Waals surface area contributed by atoms with E-state index in [-0.39, 0.29) is 0 Å². The number of hydrogen-bond acceptors (Lipinski definition) is 3. The number of rotatable bonds is 3. The lowest BCUT2D eigenvalue weighted by molar-refractivity contribution is 1.07. The maximum Gasteiger partial charge on any atom is 0.187 e. The molecular formula is C40H23N5. The van der Waals surface area contributed by atoms with Gasteiger partial charge in [-0.3, -0.25) is 4.57 Å². The molecule has 6 aromatic carbocycles. The van der Waals surface area contributed by atoms with Crippen LogP contribution in [0.3, 0.4) is 0 Å². The standard InChI is InChI=1S/C40H23N5/c1-41-31-19-16-26(17-20-31)25-12-14-28(15-13-25)38-40(43-34-11-6-22-42-39(34)44-38)45-35-21-18-27-7-4-5-10-32(27)37(35)33-23-29-8-2-3-9-30(29)24-36(33)45/h2-24H. The summed E-state index contributed by atoms with van der Waals surface area (Å²) in [5, 5.41) is 7.16. The van der Waals surface area contributed by atoms with Crippen LogP contribution in [0.25, 0.3) is 87.6 Å². The second-order valence-corrected chi connectivity index (χ2v) is 11.2. The van der Waals surface area contributed by atoms with Crippen LogP contribution in [0.5, 0.6) is 0 Å². The molecule has 0 amide bonds. The average molecular weight is 574 g/mol. The quantitative estimate of drug-likeness (QED) is 0.198. The lowest BCUT2D eigenvalue weighted by atomic mass is 10.0. The van der Waals surface area contributed by atoms with Crippen molar-refractivity contribution in [2.75, 3.05) is 0 Å². The van der Waals surface area contributed by atoms with E-state index in [0.29, 0.717) is 11.3 Å². The van der Waals surface area contributed by atoms with E-state index in [9.17, 15) is 0 Å². The lowest BCUT2D eigenvalue weighted by Crippen LogP contribution is -2.04. The molecule has 0 aliphatic rings. The number of hydrogen-bond donors (Lipinski definition) is 0. The van der Waals surface area contributed by atoms with Gasteiger partial charge < -0.3 is 0 Å². The molecule has 3 aromatic heterocycles.